The number of aryl methyl sites for hydroxylation is 1. The van der Waals surface area contributed by atoms with Crippen molar-refractivity contribution in [1.29, 1.82) is 0 Å². The highest BCUT2D eigenvalue weighted by atomic mass is 79.9. The van der Waals surface area contributed by atoms with E-state index in [1.165, 1.54) is 14.2 Å². The van der Waals surface area contributed by atoms with E-state index in [0.29, 0.717) is 13.2 Å². The van der Waals surface area contributed by atoms with Crippen LogP contribution in [0.2, 0.25) is 0 Å². The first kappa shape index (κ1) is 15.1. The minimum absolute atomic E-state index is 0.677. The Morgan fingerprint density at radius 3 is 2.82 bits per heavy atom. The van der Waals surface area contributed by atoms with Crippen molar-refractivity contribution in [3.8, 4) is 0 Å². The molecule has 0 aromatic carbocycles. The van der Waals surface area contributed by atoms with Crippen molar-refractivity contribution in [3.63, 3.8) is 0 Å². The first-order valence-corrected chi connectivity index (χ1v) is 7.37. The first-order chi connectivity index (χ1) is 8.24. The van der Waals surface area contributed by atoms with Crippen molar-refractivity contribution in [3.05, 3.63) is 20.3 Å². The van der Waals surface area contributed by atoms with E-state index in [9.17, 15) is 0 Å². The van der Waals surface area contributed by atoms with Gasteiger partial charge in [-0.1, -0.05) is 0 Å². The molecule has 1 N–H and O–H groups in total. The average molecular weight is 322 g/mol. The smallest absolute Gasteiger partial charge is 0.0700 e. The molecule has 0 bridgehead atoms. The van der Waals surface area contributed by atoms with Crippen LogP contribution in [-0.2, 0) is 16.0 Å². The Labute approximate surface area is 116 Å². The molecule has 1 aromatic rings. The van der Waals surface area contributed by atoms with Crippen LogP contribution in [0.15, 0.2) is 10.5 Å². The van der Waals surface area contributed by atoms with Gasteiger partial charge in [0.1, 0.15) is 0 Å². The summed E-state index contributed by atoms with van der Waals surface area (Å²) in [7, 11) is 1.69. The molecular weight excluding hydrogens is 302 g/mol. The summed E-state index contributed by atoms with van der Waals surface area (Å²) >= 11 is 5.36. The lowest BCUT2D eigenvalue weighted by molar-refractivity contribution is 0.0695. The summed E-state index contributed by atoms with van der Waals surface area (Å²) in [5, 5.41) is 3.41. The van der Waals surface area contributed by atoms with Gasteiger partial charge in [-0.25, -0.2) is 0 Å². The van der Waals surface area contributed by atoms with Gasteiger partial charge in [0.05, 0.1) is 13.2 Å². The van der Waals surface area contributed by atoms with E-state index in [2.05, 4.69) is 34.2 Å². The molecule has 1 rings (SSSR count). The third-order valence-electron chi connectivity index (χ3n) is 2.28. The fraction of sp³-hybridized carbons (Fsp3) is 0.667. The lowest BCUT2D eigenvalue weighted by Crippen LogP contribution is -2.16. The van der Waals surface area contributed by atoms with Crippen molar-refractivity contribution < 1.29 is 9.47 Å². The molecule has 1 heterocycles. The topological polar surface area (TPSA) is 30.5 Å². The molecule has 0 spiro atoms. The molecule has 0 saturated heterocycles. The highest BCUT2D eigenvalue weighted by Gasteiger charge is 2.01. The number of rotatable bonds is 9. The number of ether oxygens (including phenoxy) is 2. The number of methoxy groups -OCH3 is 1. The van der Waals surface area contributed by atoms with Crippen molar-refractivity contribution in [1.82, 2.24) is 5.32 Å². The van der Waals surface area contributed by atoms with Crippen LogP contribution in [0, 0.1) is 6.92 Å². The zero-order valence-corrected chi connectivity index (χ0v) is 12.8. The molecule has 0 saturated carbocycles. The Morgan fingerprint density at radius 2 is 2.18 bits per heavy atom. The number of halogens is 1. The van der Waals surface area contributed by atoms with E-state index < -0.39 is 0 Å². The van der Waals surface area contributed by atoms with Crippen LogP contribution in [0.25, 0.3) is 0 Å². The van der Waals surface area contributed by atoms with Crippen LogP contribution in [0.1, 0.15) is 16.2 Å². The van der Waals surface area contributed by atoms with Crippen LogP contribution in [-0.4, -0.2) is 33.5 Å². The summed E-state index contributed by atoms with van der Waals surface area (Å²) < 4.78 is 11.5. The van der Waals surface area contributed by atoms with E-state index in [-0.39, 0.29) is 0 Å². The fourth-order valence-electron chi connectivity index (χ4n) is 1.36. The Hall–Kier alpha value is 0.0600. The maximum Gasteiger partial charge on any atom is 0.0700 e. The van der Waals surface area contributed by atoms with Gasteiger partial charge in [0, 0.05) is 34.5 Å². The lowest BCUT2D eigenvalue weighted by Gasteiger charge is -2.04. The Bertz CT molecular complexity index is 298. The SMILES string of the molecule is COCCOCCCNCc1cc(Br)c(C)s1. The molecule has 0 fully saturated rings. The zero-order valence-electron chi connectivity index (χ0n) is 10.4. The van der Waals surface area contributed by atoms with E-state index in [0.717, 1.165) is 26.1 Å². The number of hydrogen-bond donors (Lipinski definition) is 1. The van der Waals surface area contributed by atoms with Crippen LogP contribution in [0.4, 0.5) is 0 Å². The highest BCUT2D eigenvalue weighted by Crippen LogP contribution is 2.25. The van der Waals surface area contributed by atoms with Crippen molar-refractivity contribution in [2.45, 2.75) is 19.9 Å². The monoisotopic (exact) mass is 321 g/mol. The van der Waals surface area contributed by atoms with Gasteiger partial charge < -0.3 is 14.8 Å². The Morgan fingerprint density at radius 1 is 1.35 bits per heavy atom. The number of nitrogens with one attached hydrogen (secondary N) is 1. The second-order valence-electron chi connectivity index (χ2n) is 3.75. The van der Waals surface area contributed by atoms with Gasteiger partial charge in [0.15, 0.2) is 0 Å². The van der Waals surface area contributed by atoms with Gasteiger partial charge in [-0.15, -0.1) is 11.3 Å². The van der Waals surface area contributed by atoms with Crippen molar-refractivity contribution in [2.75, 3.05) is 33.5 Å². The van der Waals surface area contributed by atoms with Crippen molar-refractivity contribution in [2.24, 2.45) is 0 Å². The molecule has 0 aliphatic carbocycles. The van der Waals surface area contributed by atoms with Gasteiger partial charge in [0.25, 0.3) is 0 Å². The van der Waals surface area contributed by atoms with E-state index in [1.54, 1.807) is 7.11 Å². The fourth-order valence-corrected chi connectivity index (χ4v) is 2.93. The molecule has 0 atom stereocenters. The molecule has 0 aliphatic rings. The molecular formula is C12H20BrNO2S. The molecule has 5 heteroatoms. The number of hydrogen-bond acceptors (Lipinski definition) is 4. The molecule has 0 radical (unpaired) electrons. The third kappa shape index (κ3) is 6.52. The molecule has 0 aliphatic heterocycles. The summed E-state index contributed by atoms with van der Waals surface area (Å²) in [5.74, 6) is 0. The summed E-state index contributed by atoms with van der Waals surface area (Å²) in [4.78, 5) is 2.71. The molecule has 1 aromatic heterocycles. The highest BCUT2D eigenvalue weighted by molar-refractivity contribution is 9.10. The quantitative estimate of drug-likeness (QED) is 0.709. The minimum atomic E-state index is 0.677. The lowest BCUT2D eigenvalue weighted by atomic mass is 10.4. The van der Waals surface area contributed by atoms with Gasteiger partial charge >= 0.3 is 0 Å². The summed E-state index contributed by atoms with van der Waals surface area (Å²) in [5.41, 5.74) is 0. The van der Waals surface area contributed by atoms with Crippen molar-refractivity contribution >= 4 is 27.3 Å². The third-order valence-corrected chi connectivity index (χ3v) is 4.42. The second-order valence-corrected chi connectivity index (χ2v) is 5.95. The molecule has 0 amide bonds. The Balaban J connectivity index is 1.97. The van der Waals surface area contributed by atoms with Crippen LogP contribution in [0.5, 0.6) is 0 Å². The zero-order chi connectivity index (χ0) is 12.5. The Kier molecular flexibility index (Phi) is 8.05. The van der Waals surface area contributed by atoms with Gasteiger partial charge in [0.2, 0.25) is 0 Å². The first-order valence-electron chi connectivity index (χ1n) is 5.76. The molecule has 3 nitrogen and oxygen atoms in total. The largest absolute Gasteiger partial charge is 0.382 e. The summed E-state index contributed by atoms with van der Waals surface area (Å²) in [6.45, 7) is 6.21. The van der Waals surface area contributed by atoms with E-state index in [4.69, 9.17) is 9.47 Å². The summed E-state index contributed by atoms with van der Waals surface area (Å²) in [6.07, 6.45) is 1.04. The number of thiophene rings is 1. The minimum Gasteiger partial charge on any atom is -0.382 e. The van der Waals surface area contributed by atoms with Gasteiger partial charge in [-0.3, -0.25) is 0 Å². The van der Waals surface area contributed by atoms with Gasteiger partial charge in [-0.2, -0.15) is 0 Å². The predicted molar refractivity (Wildman–Crippen MR) is 75.8 cm³/mol. The predicted octanol–water partition coefficient (Wildman–Crippen LogP) is 2.96. The van der Waals surface area contributed by atoms with Gasteiger partial charge in [-0.05, 0) is 41.9 Å². The standard InChI is InChI=1S/C12H20BrNO2S/c1-10-12(13)8-11(17-10)9-14-4-3-5-16-7-6-15-2/h8,14H,3-7,9H2,1-2H3. The average Bonchev–Trinajstić information content (AvgIpc) is 2.62. The molecule has 17 heavy (non-hydrogen) atoms. The maximum absolute atomic E-state index is 5.38. The van der Waals surface area contributed by atoms with E-state index in [1.807, 2.05) is 11.3 Å². The molecule has 98 valence electrons. The summed E-state index contributed by atoms with van der Waals surface area (Å²) in [6, 6.07) is 2.18. The van der Waals surface area contributed by atoms with Crippen LogP contribution >= 0.6 is 27.3 Å². The molecule has 0 unspecified atom stereocenters. The second kappa shape index (κ2) is 9.05. The van der Waals surface area contributed by atoms with E-state index >= 15 is 0 Å². The van der Waals surface area contributed by atoms with Crippen LogP contribution < -0.4 is 5.32 Å². The van der Waals surface area contributed by atoms with Crippen LogP contribution in [0.3, 0.4) is 0 Å². The maximum atomic E-state index is 5.38. The normalized spacial score (nSPS) is 11.0.